The highest BCUT2D eigenvalue weighted by molar-refractivity contribution is 5.89. The standard InChI is InChI=1S/C27H31FN6O/c1-17-18(2)30-22-6-7-23(26(28)25(17)22)32-24-8-11-29-27(33-24)31-21-5-3-4-20(14-21)15-34-12-9-19(16-35)10-13-34/h3-8,11,14,19,30,35H,9-10,12-13,15-16H2,1-2H3,(H2,29,31,32,33). The van der Waals surface area contributed by atoms with Crippen LogP contribution in [0, 0.1) is 25.6 Å². The van der Waals surface area contributed by atoms with E-state index in [4.69, 9.17) is 0 Å². The fraction of sp³-hybridized carbons (Fsp3) is 0.333. The van der Waals surface area contributed by atoms with E-state index in [1.165, 1.54) is 5.56 Å². The first-order chi connectivity index (χ1) is 17.0. The number of halogens is 1. The molecule has 4 aromatic rings. The molecule has 1 fully saturated rings. The summed E-state index contributed by atoms with van der Waals surface area (Å²) < 4.78 is 15.2. The lowest BCUT2D eigenvalue weighted by Gasteiger charge is -2.31. The molecule has 4 N–H and O–H groups in total. The number of aromatic nitrogens is 3. The zero-order valence-electron chi connectivity index (χ0n) is 20.1. The van der Waals surface area contributed by atoms with Crippen LogP contribution in [0.1, 0.15) is 29.7 Å². The number of anilines is 4. The first-order valence-electron chi connectivity index (χ1n) is 12.1. The highest BCUT2D eigenvalue weighted by Crippen LogP contribution is 2.30. The number of nitrogens with zero attached hydrogens (tertiary/aromatic N) is 3. The molecular weight excluding hydrogens is 443 g/mol. The molecule has 3 heterocycles. The summed E-state index contributed by atoms with van der Waals surface area (Å²) in [6, 6.07) is 13.5. The summed E-state index contributed by atoms with van der Waals surface area (Å²) in [7, 11) is 0. The van der Waals surface area contributed by atoms with Crippen LogP contribution in [0.5, 0.6) is 0 Å². The summed E-state index contributed by atoms with van der Waals surface area (Å²) >= 11 is 0. The van der Waals surface area contributed by atoms with E-state index in [2.05, 4.69) is 42.6 Å². The lowest BCUT2D eigenvalue weighted by Crippen LogP contribution is -2.34. The average molecular weight is 475 g/mol. The SMILES string of the molecule is Cc1[nH]c2ccc(Nc3ccnc(Nc4cccc(CN5CCC(CO)CC5)c4)n3)c(F)c2c1C. The molecule has 8 heteroatoms. The van der Waals surface area contributed by atoms with Crippen molar-refractivity contribution >= 4 is 34.0 Å². The van der Waals surface area contributed by atoms with Gasteiger partial charge in [0.25, 0.3) is 0 Å². The maximum absolute atomic E-state index is 15.2. The van der Waals surface area contributed by atoms with Gasteiger partial charge < -0.3 is 20.7 Å². The molecule has 0 atom stereocenters. The summed E-state index contributed by atoms with van der Waals surface area (Å²) in [5.41, 5.74) is 5.13. The molecule has 35 heavy (non-hydrogen) atoms. The van der Waals surface area contributed by atoms with Gasteiger partial charge in [0.05, 0.1) is 5.69 Å². The molecule has 0 unspecified atom stereocenters. The Morgan fingerprint density at radius 1 is 1.11 bits per heavy atom. The normalized spacial score (nSPS) is 15.0. The molecule has 0 radical (unpaired) electrons. The lowest BCUT2D eigenvalue weighted by atomic mass is 9.97. The Bertz CT molecular complexity index is 1330. The van der Waals surface area contributed by atoms with Crippen LogP contribution in [-0.2, 0) is 6.54 Å². The van der Waals surface area contributed by atoms with E-state index in [-0.39, 0.29) is 12.4 Å². The van der Waals surface area contributed by atoms with E-state index < -0.39 is 0 Å². The molecule has 2 aromatic carbocycles. The number of hydrogen-bond donors (Lipinski definition) is 4. The quantitative estimate of drug-likeness (QED) is 0.287. The number of aliphatic hydroxyl groups excluding tert-OH is 1. The minimum absolute atomic E-state index is 0.286. The van der Waals surface area contributed by atoms with Crippen molar-refractivity contribution in [3.05, 3.63) is 71.3 Å². The monoisotopic (exact) mass is 474 g/mol. The van der Waals surface area contributed by atoms with Gasteiger partial charge in [-0.3, -0.25) is 4.90 Å². The summed E-state index contributed by atoms with van der Waals surface area (Å²) in [6.07, 6.45) is 3.73. The van der Waals surface area contributed by atoms with Gasteiger partial charge in [-0.25, -0.2) is 9.37 Å². The lowest BCUT2D eigenvalue weighted by molar-refractivity contribution is 0.127. The predicted octanol–water partition coefficient (Wildman–Crippen LogP) is 5.41. The number of likely N-dealkylation sites (tertiary alicyclic amines) is 1. The van der Waals surface area contributed by atoms with Crippen LogP contribution in [-0.4, -0.2) is 44.7 Å². The molecule has 0 amide bonds. The summed E-state index contributed by atoms with van der Waals surface area (Å²) in [4.78, 5) is 14.5. The number of fused-ring (bicyclic) bond motifs is 1. The molecule has 7 nitrogen and oxygen atoms in total. The Labute approximate surface area is 204 Å². The molecule has 1 saturated heterocycles. The van der Waals surface area contributed by atoms with Gasteiger partial charge in [0, 0.05) is 41.6 Å². The third-order valence-corrected chi connectivity index (χ3v) is 6.87. The fourth-order valence-corrected chi connectivity index (χ4v) is 4.72. The molecule has 2 aromatic heterocycles. The average Bonchev–Trinajstić information content (AvgIpc) is 3.16. The first kappa shape index (κ1) is 23.3. The van der Waals surface area contributed by atoms with Crippen LogP contribution in [0.3, 0.4) is 0 Å². The highest BCUT2D eigenvalue weighted by atomic mass is 19.1. The number of H-pyrrole nitrogens is 1. The topological polar surface area (TPSA) is 89.1 Å². The van der Waals surface area contributed by atoms with Crippen molar-refractivity contribution in [2.45, 2.75) is 33.2 Å². The second kappa shape index (κ2) is 10.0. The van der Waals surface area contributed by atoms with Crippen molar-refractivity contribution in [3.8, 4) is 0 Å². The number of aryl methyl sites for hydroxylation is 2. The molecule has 0 aliphatic carbocycles. The van der Waals surface area contributed by atoms with Gasteiger partial charge in [-0.1, -0.05) is 12.1 Å². The Kier molecular flexibility index (Phi) is 6.66. The van der Waals surface area contributed by atoms with E-state index in [1.807, 2.05) is 32.0 Å². The van der Waals surface area contributed by atoms with Crippen LogP contribution < -0.4 is 10.6 Å². The summed E-state index contributed by atoms with van der Waals surface area (Å²) in [5.74, 6) is 1.08. The minimum atomic E-state index is -0.298. The third kappa shape index (κ3) is 5.13. The van der Waals surface area contributed by atoms with E-state index >= 15 is 4.39 Å². The smallest absolute Gasteiger partial charge is 0.229 e. The Balaban J connectivity index is 1.28. The molecular formula is C27H31FN6O. The number of nitrogens with one attached hydrogen (secondary N) is 3. The van der Waals surface area contributed by atoms with Crippen LogP contribution in [0.2, 0.25) is 0 Å². The second-order valence-electron chi connectivity index (χ2n) is 9.34. The summed E-state index contributed by atoms with van der Waals surface area (Å²) in [5, 5.41) is 16.3. The van der Waals surface area contributed by atoms with Crippen LogP contribution in [0.25, 0.3) is 10.9 Å². The molecule has 0 spiro atoms. The number of aliphatic hydroxyl groups is 1. The summed E-state index contributed by atoms with van der Waals surface area (Å²) in [6.45, 7) is 7.02. The van der Waals surface area contributed by atoms with Crippen molar-refractivity contribution in [1.29, 1.82) is 0 Å². The molecule has 1 aliphatic rings. The van der Waals surface area contributed by atoms with Crippen LogP contribution >= 0.6 is 0 Å². The van der Waals surface area contributed by atoms with Gasteiger partial charge in [-0.15, -0.1) is 0 Å². The maximum atomic E-state index is 15.2. The zero-order chi connectivity index (χ0) is 24.4. The number of piperidine rings is 1. The van der Waals surface area contributed by atoms with Gasteiger partial charge in [-0.05, 0) is 87.2 Å². The predicted molar refractivity (Wildman–Crippen MR) is 138 cm³/mol. The van der Waals surface area contributed by atoms with Gasteiger partial charge in [0.1, 0.15) is 5.82 Å². The van der Waals surface area contributed by atoms with Crippen molar-refractivity contribution in [3.63, 3.8) is 0 Å². The molecule has 182 valence electrons. The van der Waals surface area contributed by atoms with Gasteiger partial charge in [-0.2, -0.15) is 4.98 Å². The van der Waals surface area contributed by atoms with E-state index in [0.717, 1.165) is 54.9 Å². The van der Waals surface area contributed by atoms with Gasteiger partial charge >= 0.3 is 0 Å². The van der Waals surface area contributed by atoms with Crippen LogP contribution in [0.4, 0.5) is 27.5 Å². The van der Waals surface area contributed by atoms with Gasteiger partial charge in [0.15, 0.2) is 5.82 Å². The maximum Gasteiger partial charge on any atom is 0.229 e. The Morgan fingerprint density at radius 3 is 2.74 bits per heavy atom. The first-order valence-corrected chi connectivity index (χ1v) is 12.1. The number of rotatable bonds is 7. The number of aromatic amines is 1. The third-order valence-electron chi connectivity index (χ3n) is 6.87. The van der Waals surface area contributed by atoms with Crippen molar-refractivity contribution in [1.82, 2.24) is 19.9 Å². The van der Waals surface area contributed by atoms with Crippen molar-refractivity contribution in [2.24, 2.45) is 5.92 Å². The minimum Gasteiger partial charge on any atom is -0.396 e. The molecule has 1 aliphatic heterocycles. The van der Waals surface area contributed by atoms with E-state index in [1.54, 1.807) is 18.3 Å². The molecule has 0 saturated carbocycles. The van der Waals surface area contributed by atoms with E-state index in [9.17, 15) is 5.11 Å². The number of benzene rings is 2. The van der Waals surface area contributed by atoms with Gasteiger partial charge in [0.2, 0.25) is 5.95 Å². The molecule has 0 bridgehead atoms. The number of hydrogen-bond acceptors (Lipinski definition) is 6. The fourth-order valence-electron chi connectivity index (χ4n) is 4.72. The zero-order valence-corrected chi connectivity index (χ0v) is 20.1. The largest absolute Gasteiger partial charge is 0.396 e. The van der Waals surface area contributed by atoms with Crippen molar-refractivity contribution in [2.75, 3.05) is 30.3 Å². The highest BCUT2D eigenvalue weighted by Gasteiger charge is 2.18. The Morgan fingerprint density at radius 2 is 1.94 bits per heavy atom. The van der Waals surface area contributed by atoms with E-state index in [0.29, 0.717) is 28.8 Å². The van der Waals surface area contributed by atoms with Crippen LogP contribution in [0.15, 0.2) is 48.7 Å². The molecule has 5 rings (SSSR count). The Hall–Kier alpha value is -3.49. The van der Waals surface area contributed by atoms with Crippen molar-refractivity contribution < 1.29 is 9.50 Å². The second-order valence-corrected chi connectivity index (χ2v) is 9.34.